The summed E-state index contributed by atoms with van der Waals surface area (Å²) in [4.78, 5) is 11.9. The minimum Gasteiger partial charge on any atom is -0.494 e. The van der Waals surface area contributed by atoms with Crippen molar-refractivity contribution in [3.8, 4) is 5.75 Å². The highest BCUT2D eigenvalue weighted by Crippen LogP contribution is 2.39. The summed E-state index contributed by atoms with van der Waals surface area (Å²) in [5.41, 5.74) is -0.299. The highest BCUT2D eigenvalue weighted by molar-refractivity contribution is 5.89. The van der Waals surface area contributed by atoms with Crippen molar-refractivity contribution in [1.29, 1.82) is 0 Å². The highest BCUT2D eigenvalue weighted by atomic mass is 19.1. The molecule has 0 radical (unpaired) electrons. The lowest BCUT2D eigenvalue weighted by molar-refractivity contribution is 0.159. The molecular weight excluding hydrogens is 263 g/mol. The van der Waals surface area contributed by atoms with Gasteiger partial charge in [0.25, 0.3) is 0 Å². The van der Waals surface area contributed by atoms with E-state index >= 15 is 0 Å². The first-order chi connectivity index (χ1) is 9.48. The van der Waals surface area contributed by atoms with Crippen LogP contribution in [0.25, 0.3) is 0 Å². The van der Waals surface area contributed by atoms with Crippen LogP contribution in [0.2, 0.25) is 0 Å². The third-order valence-corrected chi connectivity index (χ3v) is 3.62. The van der Waals surface area contributed by atoms with Gasteiger partial charge in [0.2, 0.25) is 0 Å². The topological polar surface area (TPSA) is 70.6 Å². The molecule has 1 fully saturated rings. The molecule has 5 nitrogen and oxygen atoms in total. The Morgan fingerprint density at radius 2 is 2.25 bits per heavy atom. The Hall–Kier alpha value is -1.82. The van der Waals surface area contributed by atoms with Crippen LogP contribution in [0, 0.1) is 11.7 Å². The molecule has 1 aliphatic carbocycles. The number of nitrogens with one attached hydrogen (secondary N) is 2. The number of halogens is 1. The monoisotopic (exact) mass is 282 g/mol. The summed E-state index contributed by atoms with van der Waals surface area (Å²) in [7, 11) is 1.38. The highest BCUT2D eigenvalue weighted by Gasteiger charge is 2.42. The van der Waals surface area contributed by atoms with Crippen molar-refractivity contribution in [2.45, 2.75) is 25.3 Å². The standard InChI is InChI=1S/C14H19FN2O3/c1-14(8-18,9-3-4-9)17-13(19)16-10-5-6-12(20-2)11(15)7-10/h5-7,9,18H,3-4,8H2,1-2H3,(H2,16,17,19). The number of aliphatic hydroxyl groups is 1. The third-order valence-electron chi connectivity index (χ3n) is 3.62. The molecule has 1 unspecified atom stereocenters. The number of anilines is 1. The molecule has 1 saturated carbocycles. The van der Waals surface area contributed by atoms with Crippen molar-refractivity contribution in [2.24, 2.45) is 5.92 Å². The predicted molar refractivity (Wildman–Crippen MR) is 73.3 cm³/mol. The van der Waals surface area contributed by atoms with Gasteiger partial charge in [0.15, 0.2) is 11.6 Å². The second kappa shape index (κ2) is 5.66. The molecule has 1 aliphatic rings. The predicted octanol–water partition coefficient (Wildman–Crippen LogP) is 2.12. The van der Waals surface area contributed by atoms with Crippen LogP contribution in [-0.4, -0.2) is 30.4 Å². The van der Waals surface area contributed by atoms with Crippen LogP contribution in [0.5, 0.6) is 5.75 Å². The molecule has 0 aromatic heterocycles. The lowest BCUT2D eigenvalue weighted by Gasteiger charge is -2.28. The number of ether oxygens (including phenoxy) is 1. The first kappa shape index (κ1) is 14.6. The lowest BCUT2D eigenvalue weighted by Crippen LogP contribution is -2.52. The van der Waals surface area contributed by atoms with Crippen molar-refractivity contribution >= 4 is 11.7 Å². The fraction of sp³-hybridized carbons (Fsp3) is 0.500. The van der Waals surface area contributed by atoms with E-state index in [0.29, 0.717) is 11.6 Å². The summed E-state index contributed by atoms with van der Waals surface area (Å²) in [6.07, 6.45) is 1.99. The Morgan fingerprint density at radius 1 is 1.55 bits per heavy atom. The van der Waals surface area contributed by atoms with Gasteiger partial charge < -0.3 is 20.5 Å². The Kier molecular flexibility index (Phi) is 4.13. The van der Waals surface area contributed by atoms with E-state index in [-0.39, 0.29) is 12.4 Å². The molecule has 0 saturated heterocycles. The van der Waals surface area contributed by atoms with E-state index in [1.807, 2.05) is 0 Å². The lowest BCUT2D eigenvalue weighted by atomic mass is 9.97. The summed E-state index contributed by atoms with van der Waals surface area (Å²) < 4.78 is 18.3. The fourth-order valence-electron chi connectivity index (χ4n) is 2.16. The zero-order valence-electron chi connectivity index (χ0n) is 11.6. The van der Waals surface area contributed by atoms with E-state index in [1.165, 1.54) is 19.2 Å². The number of methoxy groups -OCH3 is 1. The summed E-state index contributed by atoms with van der Waals surface area (Å²) in [6.45, 7) is 1.68. The van der Waals surface area contributed by atoms with Gasteiger partial charge in [-0.25, -0.2) is 9.18 Å². The van der Waals surface area contributed by atoms with Gasteiger partial charge in [-0.1, -0.05) is 0 Å². The van der Waals surface area contributed by atoms with E-state index in [1.54, 1.807) is 13.0 Å². The SMILES string of the molecule is COc1ccc(NC(=O)NC(C)(CO)C2CC2)cc1F. The minimum atomic E-state index is -0.630. The van der Waals surface area contributed by atoms with Gasteiger partial charge in [0.1, 0.15) is 0 Å². The van der Waals surface area contributed by atoms with Gasteiger partial charge in [-0.15, -0.1) is 0 Å². The molecule has 0 spiro atoms. The van der Waals surface area contributed by atoms with Crippen LogP contribution in [0.1, 0.15) is 19.8 Å². The van der Waals surface area contributed by atoms with Crippen LogP contribution in [-0.2, 0) is 0 Å². The summed E-state index contributed by atoms with van der Waals surface area (Å²) in [5, 5.41) is 14.7. The van der Waals surface area contributed by atoms with E-state index in [0.717, 1.165) is 12.8 Å². The number of aliphatic hydroxyl groups excluding tert-OH is 1. The Labute approximate surface area is 117 Å². The third kappa shape index (κ3) is 3.19. The second-order valence-electron chi connectivity index (χ2n) is 5.28. The van der Waals surface area contributed by atoms with Gasteiger partial charge in [-0.05, 0) is 37.8 Å². The maximum atomic E-state index is 13.5. The van der Waals surface area contributed by atoms with Crippen molar-refractivity contribution < 1.29 is 19.0 Å². The fourth-order valence-corrected chi connectivity index (χ4v) is 2.16. The number of amides is 2. The second-order valence-corrected chi connectivity index (χ2v) is 5.28. The molecule has 0 bridgehead atoms. The first-order valence-corrected chi connectivity index (χ1v) is 6.52. The van der Waals surface area contributed by atoms with Crippen molar-refractivity contribution in [2.75, 3.05) is 19.0 Å². The number of rotatable bonds is 5. The molecule has 6 heteroatoms. The van der Waals surface area contributed by atoms with Crippen LogP contribution in [0.3, 0.4) is 0 Å². The van der Waals surface area contributed by atoms with Crippen molar-refractivity contribution in [3.63, 3.8) is 0 Å². The van der Waals surface area contributed by atoms with Gasteiger partial charge >= 0.3 is 6.03 Å². The number of urea groups is 1. The molecule has 2 rings (SSSR count). The summed E-state index contributed by atoms with van der Waals surface area (Å²) in [5.74, 6) is -0.127. The Morgan fingerprint density at radius 3 is 2.75 bits per heavy atom. The number of hydrogen-bond acceptors (Lipinski definition) is 3. The van der Waals surface area contributed by atoms with Gasteiger partial charge in [-0.3, -0.25) is 0 Å². The first-order valence-electron chi connectivity index (χ1n) is 6.52. The molecule has 110 valence electrons. The summed E-state index contributed by atoms with van der Waals surface area (Å²) in [6, 6.07) is 3.72. The van der Waals surface area contributed by atoms with Gasteiger partial charge in [0.05, 0.1) is 19.3 Å². The average Bonchev–Trinajstić information content (AvgIpc) is 3.23. The van der Waals surface area contributed by atoms with Crippen LogP contribution in [0.15, 0.2) is 18.2 Å². The Balaban J connectivity index is 1.99. The molecule has 1 atom stereocenters. The van der Waals surface area contributed by atoms with Gasteiger partial charge in [0, 0.05) is 11.8 Å². The maximum Gasteiger partial charge on any atom is 0.319 e. The van der Waals surface area contributed by atoms with Crippen molar-refractivity contribution in [3.05, 3.63) is 24.0 Å². The van der Waals surface area contributed by atoms with E-state index in [2.05, 4.69) is 10.6 Å². The quantitative estimate of drug-likeness (QED) is 0.774. The largest absolute Gasteiger partial charge is 0.494 e. The van der Waals surface area contributed by atoms with E-state index in [9.17, 15) is 14.3 Å². The molecular formula is C14H19FN2O3. The van der Waals surface area contributed by atoms with Crippen LogP contribution < -0.4 is 15.4 Å². The minimum absolute atomic E-state index is 0.120. The maximum absolute atomic E-state index is 13.5. The molecule has 20 heavy (non-hydrogen) atoms. The molecule has 0 aliphatic heterocycles. The Bertz CT molecular complexity index is 505. The average molecular weight is 282 g/mol. The molecule has 0 heterocycles. The molecule has 2 amide bonds. The smallest absolute Gasteiger partial charge is 0.319 e. The summed E-state index contributed by atoms with van der Waals surface area (Å²) >= 11 is 0. The van der Waals surface area contributed by atoms with E-state index in [4.69, 9.17) is 4.74 Å². The van der Waals surface area contributed by atoms with Crippen LogP contribution >= 0.6 is 0 Å². The molecule has 3 N–H and O–H groups in total. The normalized spacial score (nSPS) is 17.2. The number of hydrogen-bond donors (Lipinski definition) is 3. The number of carbonyl (C=O) groups is 1. The van der Waals surface area contributed by atoms with Crippen molar-refractivity contribution in [1.82, 2.24) is 5.32 Å². The number of benzene rings is 1. The molecule has 1 aromatic rings. The number of carbonyl (C=O) groups excluding carboxylic acids is 1. The molecule has 1 aromatic carbocycles. The zero-order chi connectivity index (χ0) is 14.8. The van der Waals surface area contributed by atoms with Gasteiger partial charge in [-0.2, -0.15) is 0 Å². The zero-order valence-corrected chi connectivity index (χ0v) is 11.6. The van der Waals surface area contributed by atoms with E-state index < -0.39 is 17.4 Å². The van der Waals surface area contributed by atoms with Crippen LogP contribution in [0.4, 0.5) is 14.9 Å².